The summed E-state index contributed by atoms with van der Waals surface area (Å²) in [6, 6.07) is 6.05. The molecule has 1 fully saturated rings. The molecule has 100 valence electrons. The van der Waals surface area contributed by atoms with Gasteiger partial charge in [-0.2, -0.15) is 4.98 Å². The van der Waals surface area contributed by atoms with Crippen molar-refractivity contribution in [2.45, 2.75) is 5.92 Å². The van der Waals surface area contributed by atoms with Crippen LogP contribution in [0, 0.1) is 0 Å². The van der Waals surface area contributed by atoms with E-state index in [-0.39, 0.29) is 0 Å². The Kier molecular flexibility index (Phi) is 2.42. The molecular weight excluding hydrogens is 252 g/mol. The first-order chi connectivity index (χ1) is 9.81. The first kappa shape index (κ1) is 11.3. The summed E-state index contributed by atoms with van der Waals surface area (Å²) in [4.78, 5) is 19.8. The fourth-order valence-corrected chi connectivity index (χ4v) is 2.50. The minimum absolute atomic E-state index is 0.472. The topological polar surface area (TPSA) is 59.7 Å². The number of fused-ring (bicyclic) bond motifs is 1. The predicted octanol–water partition coefficient (Wildman–Crippen LogP) is 1.36. The monoisotopic (exact) mass is 266 g/mol. The Morgan fingerprint density at radius 2 is 2.05 bits per heavy atom. The van der Waals surface area contributed by atoms with Crippen LogP contribution in [0.15, 0.2) is 36.9 Å². The van der Waals surface area contributed by atoms with E-state index in [0.717, 1.165) is 35.9 Å². The highest BCUT2D eigenvalue weighted by Gasteiger charge is 2.30. The van der Waals surface area contributed by atoms with Gasteiger partial charge in [-0.15, -0.1) is 0 Å². The maximum absolute atomic E-state index is 4.51. The van der Waals surface area contributed by atoms with Gasteiger partial charge in [0.1, 0.15) is 5.52 Å². The molecule has 0 unspecified atom stereocenters. The minimum Gasteiger partial charge on any atom is -0.339 e. The maximum atomic E-state index is 4.51. The zero-order chi connectivity index (χ0) is 13.5. The first-order valence-electron chi connectivity index (χ1n) is 6.61. The molecule has 4 heterocycles. The third kappa shape index (κ3) is 1.72. The number of aromatic nitrogens is 5. The molecule has 0 amide bonds. The van der Waals surface area contributed by atoms with Crippen LogP contribution in [0.3, 0.4) is 0 Å². The molecule has 0 saturated carbocycles. The molecule has 4 rings (SSSR count). The van der Waals surface area contributed by atoms with Crippen molar-refractivity contribution in [2.75, 3.05) is 18.0 Å². The van der Waals surface area contributed by atoms with E-state index < -0.39 is 0 Å². The fraction of sp³-hybridized carbons (Fsp3) is 0.286. The molecule has 6 heteroatoms. The van der Waals surface area contributed by atoms with Crippen LogP contribution in [-0.2, 0) is 7.05 Å². The van der Waals surface area contributed by atoms with Crippen molar-refractivity contribution < 1.29 is 0 Å². The molecule has 1 aliphatic heterocycles. The standard InChI is InChI=1S/C14H14N6/c1-19-9-17-13-12(19)6-16-14(18-13)20-7-10(8-20)11-4-2-3-5-15-11/h2-6,9-10H,7-8H2,1H3. The Bertz CT molecular complexity index is 745. The van der Waals surface area contributed by atoms with Gasteiger partial charge in [0.15, 0.2) is 5.65 Å². The van der Waals surface area contributed by atoms with Crippen LogP contribution in [0.2, 0.25) is 0 Å². The number of imidazole rings is 1. The number of hydrogen-bond donors (Lipinski definition) is 0. The molecular formula is C14H14N6. The molecule has 1 saturated heterocycles. The largest absolute Gasteiger partial charge is 0.339 e. The fourth-order valence-electron chi connectivity index (χ4n) is 2.50. The van der Waals surface area contributed by atoms with Crippen molar-refractivity contribution in [3.8, 4) is 0 Å². The summed E-state index contributed by atoms with van der Waals surface area (Å²) >= 11 is 0. The van der Waals surface area contributed by atoms with E-state index in [1.165, 1.54) is 0 Å². The van der Waals surface area contributed by atoms with Crippen molar-refractivity contribution in [2.24, 2.45) is 7.05 Å². The van der Waals surface area contributed by atoms with Gasteiger partial charge in [-0.05, 0) is 12.1 Å². The highest BCUT2D eigenvalue weighted by atomic mass is 15.3. The van der Waals surface area contributed by atoms with Crippen LogP contribution in [-0.4, -0.2) is 37.6 Å². The third-order valence-electron chi connectivity index (χ3n) is 3.74. The Morgan fingerprint density at radius 1 is 1.15 bits per heavy atom. The molecule has 3 aromatic rings. The summed E-state index contributed by atoms with van der Waals surface area (Å²) in [5, 5.41) is 0. The van der Waals surface area contributed by atoms with Crippen LogP contribution < -0.4 is 4.90 Å². The molecule has 0 bridgehead atoms. The molecule has 3 aromatic heterocycles. The second-order valence-corrected chi connectivity index (χ2v) is 5.09. The Hall–Kier alpha value is -2.50. The molecule has 0 atom stereocenters. The number of rotatable bonds is 2. The van der Waals surface area contributed by atoms with Crippen LogP contribution in [0.25, 0.3) is 11.2 Å². The Labute approximate surface area is 116 Å². The second-order valence-electron chi connectivity index (χ2n) is 5.09. The van der Waals surface area contributed by atoms with Crippen molar-refractivity contribution >= 4 is 17.1 Å². The summed E-state index contributed by atoms with van der Waals surface area (Å²) in [6.07, 6.45) is 5.43. The smallest absolute Gasteiger partial charge is 0.227 e. The zero-order valence-electron chi connectivity index (χ0n) is 11.1. The lowest BCUT2D eigenvalue weighted by Gasteiger charge is -2.38. The average molecular weight is 266 g/mol. The van der Waals surface area contributed by atoms with E-state index in [4.69, 9.17) is 0 Å². The number of pyridine rings is 1. The second kappa shape index (κ2) is 4.26. The van der Waals surface area contributed by atoms with Crippen LogP contribution in [0.1, 0.15) is 11.6 Å². The SMILES string of the molecule is Cn1cnc2nc(N3CC(c4ccccn4)C3)ncc21. The zero-order valence-corrected chi connectivity index (χ0v) is 11.1. The summed E-state index contributed by atoms with van der Waals surface area (Å²) in [6.45, 7) is 1.82. The lowest BCUT2D eigenvalue weighted by atomic mass is 9.96. The number of nitrogens with zero attached hydrogens (tertiary/aromatic N) is 6. The maximum Gasteiger partial charge on any atom is 0.227 e. The van der Waals surface area contributed by atoms with Gasteiger partial charge in [0.05, 0.1) is 12.5 Å². The van der Waals surface area contributed by atoms with Crippen LogP contribution in [0.4, 0.5) is 5.95 Å². The molecule has 0 N–H and O–H groups in total. The van der Waals surface area contributed by atoms with Crippen molar-refractivity contribution in [1.29, 1.82) is 0 Å². The van der Waals surface area contributed by atoms with Gasteiger partial charge in [-0.1, -0.05) is 6.07 Å². The van der Waals surface area contributed by atoms with Gasteiger partial charge in [0.2, 0.25) is 5.95 Å². The Morgan fingerprint density at radius 3 is 2.85 bits per heavy atom. The van der Waals surface area contributed by atoms with Crippen molar-refractivity contribution in [1.82, 2.24) is 24.5 Å². The van der Waals surface area contributed by atoms with E-state index in [2.05, 4.69) is 30.9 Å². The lowest BCUT2D eigenvalue weighted by molar-refractivity contribution is 0.504. The molecule has 0 aromatic carbocycles. The number of anilines is 1. The van der Waals surface area contributed by atoms with E-state index in [0.29, 0.717) is 5.92 Å². The van der Waals surface area contributed by atoms with E-state index in [1.807, 2.05) is 36.1 Å². The van der Waals surface area contributed by atoms with Crippen LogP contribution in [0.5, 0.6) is 0 Å². The predicted molar refractivity (Wildman–Crippen MR) is 75.5 cm³/mol. The molecule has 20 heavy (non-hydrogen) atoms. The van der Waals surface area contributed by atoms with Crippen LogP contribution >= 0.6 is 0 Å². The minimum atomic E-state index is 0.472. The lowest BCUT2D eigenvalue weighted by Crippen LogP contribution is -2.46. The van der Waals surface area contributed by atoms with Gasteiger partial charge >= 0.3 is 0 Å². The van der Waals surface area contributed by atoms with E-state index in [1.54, 1.807) is 6.33 Å². The summed E-state index contributed by atoms with van der Waals surface area (Å²) in [7, 11) is 1.94. The van der Waals surface area contributed by atoms with Gasteiger partial charge in [0, 0.05) is 37.9 Å². The van der Waals surface area contributed by atoms with Gasteiger partial charge < -0.3 is 9.47 Å². The highest BCUT2D eigenvalue weighted by molar-refractivity contribution is 5.71. The molecule has 1 aliphatic rings. The average Bonchev–Trinajstić information content (AvgIpc) is 2.80. The molecule has 6 nitrogen and oxygen atoms in total. The highest BCUT2D eigenvalue weighted by Crippen LogP contribution is 2.28. The number of hydrogen-bond acceptors (Lipinski definition) is 5. The third-order valence-corrected chi connectivity index (χ3v) is 3.74. The summed E-state index contributed by atoms with van der Waals surface area (Å²) in [5.74, 6) is 1.22. The first-order valence-corrected chi connectivity index (χ1v) is 6.61. The van der Waals surface area contributed by atoms with Gasteiger partial charge in [-0.25, -0.2) is 9.97 Å². The summed E-state index contributed by atoms with van der Waals surface area (Å²) < 4.78 is 1.92. The molecule has 0 spiro atoms. The van der Waals surface area contributed by atoms with Crippen molar-refractivity contribution in [3.05, 3.63) is 42.6 Å². The summed E-state index contributed by atoms with van der Waals surface area (Å²) in [5.41, 5.74) is 2.84. The molecule has 0 radical (unpaired) electrons. The number of aryl methyl sites for hydroxylation is 1. The van der Waals surface area contributed by atoms with E-state index >= 15 is 0 Å². The molecule has 0 aliphatic carbocycles. The quantitative estimate of drug-likeness (QED) is 0.701. The van der Waals surface area contributed by atoms with Gasteiger partial charge in [-0.3, -0.25) is 4.98 Å². The Balaban J connectivity index is 1.54. The normalized spacial score (nSPS) is 15.6. The van der Waals surface area contributed by atoms with Gasteiger partial charge in [0.25, 0.3) is 0 Å². The van der Waals surface area contributed by atoms with E-state index in [9.17, 15) is 0 Å². The van der Waals surface area contributed by atoms with Crippen molar-refractivity contribution in [3.63, 3.8) is 0 Å².